The number of hydrogen-bond donors (Lipinski definition) is 1. The minimum Gasteiger partial charge on any atom is -0.352 e. The first kappa shape index (κ1) is 16.2. The number of carbonyl (C=O) groups is 1. The Morgan fingerprint density at radius 3 is 2.96 bits per heavy atom. The summed E-state index contributed by atoms with van der Waals surface area (Å²) < 4.78 is 0. The summed E-state index contributed by atoms with van der Waals surface area (Å²) in [6.07, 6.45) is 5.14. The zero-order chi connectivity index (χ0) is 16.2. The van der Waals surface area contributed by atoms with Gasteiger partial charge >= 0.3 is 0 Å². The van der Waals surface area contributed by atoms with E-state index in [1.54, 1.807) is 6.33 Å². The van der Waals surface area contributed by atoms with Crippen LogP contribution in [0.2, 0.25) is 0 Å². The van der Waals surface area contributed by atoms with Crippen molar-refractivity contribution in [1.29, 1.82) is 0 Å². The first-order valence-corrected chi connectivity index (χ1v) is 9.25. The molecule has 1 aliphatic carbocycles. The Balaban J connectivity index is 1.60. The van der Waals surface area contributed by atoms with Crippen LogP contribution in [0.15, 0.2) is 35.6 Å². The zero-order valence-corrected chi connectivity index (χ0v) is 14.5. The molecule has 1 saturated carbocycles. The predicted molar refractivity (Wildman–Crippen MR) is 94.4 cm³/mol. The molecule has 1 heterocycles. The first-order valence-electron chi connectivity index (χ1n) is 8.27. The molecule has 3 atom stereocenters. The molecule has 1 aromatic heterocycles. The number of hydrogen-bond acceptors (Lipinski definition) is 4. The van der Waals surface area contributed by atoms with Crippen LogP contribution in [0.5, 0.6) is 0 Å². The van der Waals surface area contributed by atoms with Gasteiger partial charge in [-0.2, -0.15) is 0 Å². The van der Waals surface area contributed by atoms with E-state index < -0.39 is 0 Å². The summed E-state index contributed by atoms with van der Waals surface area (Å²) in [5, 5.41) is 5.09. The van der Waals surface area contributed by atoms with Crippen molar-refractivity contribution in [1.82, 2.24) is 15.3 Å². The molecule has 1 amide bonds. The number of benzene rings is 1. The lowest BCUT2D eigenvalue weighted by Crippen LogP contribution is -2.44. The SMILES string of the molecule is C[C@H]1[C@H](C)CCC[C@@H]1NC(=O)CSc1ncnc2ccccc12. The number of rotatable bonds is 4. The molecule has 1 aromatic carbocycles. The fourth-order valence-electron chi connectivity index (χ4n) is 3.26. The molecule has 1 fully saturated rings. The molecule has 0 bridgehead atoms. The molecule has 0 aliphatic heterocycles. The smallest absolute Gasteiger partial charge is 0.230 e. The number of nitrogens with zero attached hydrogens (tertiary/aromatic N) is 2. The van der Waals surface area contributed by atoms with E-state index in [1.807, 2.05) is 24.3 Å². The van der Waals surface area contributed by atoms with Gasteiger partial charge in [0, 0.05) is 11.4 Å². The lowest BCUT2D eigenvalue weighted by atomic mass is 9.78. The summed E-state index contributed by atoms with van der Waals surface area (Å²) in [6, 6.07) is 8.21. The van der Waals surface area contributed by atoms with Gasteiger partial charge in [0.2, 0.25) is 5.91 Å². The maximum atomic E-state index is 12.3. The summed E-state index contributed by atoms with van der Waals surface area (Å²) in [7, 11) is 0. The van der Waals surface area contributed by atoms with Crippen molar-refractivity contribution in [2.45, 2.75) is 44.2 Å². The fraction of sp³-hybridized carbons (Fsp3) is 0.500. The van der Waals surface area contributed by atoms with E-state index in [9.17, 15) is 4.79 Å². The molecule has 0 saturated heterocycles. The number of aromatic nitrogens is 2. The topological polar surface area (TPSA) is 54.9 Å². The maximum absolute atomic E-state index is 12.3. The number of para-hydroxylation sites is 1. The lowest BCUT2D eigenvalue weighted by molar-refractivity contribution is -0.119. The van der Waals surface area contributed by atoms with E-state index in [2.05, 4.69) is 29.1 Å². The van der Waals surface area contributed by atoms with E-state index in [1.165, 1.54) is 24.6 Å². The van der Waals surface area contributed by atoms with E-state index >= 15 is 0 Å². The first-order chi connectivity index (χ1) is 11.1. The van der Waals surface area contributed by atoms with Crippen LogP contribution in [0, 0.1) is 11.8 Å². The van der Waals surface area contributed by atoms with Crippen LogP contribution < -0.4 is 5.32 Å². The molecule has 1 N–H and O–H groups in total. The molecular formula is C18H23N3OS. The Morgan fingerprint density at radius 1 is 1.26 bits per heavy atom. The minimum atomic E-state index is 0.101. The van der Waals surface area contributed by atoms with Gasteiger partial charge in [-0.05, 0) is 24.3 Å². The second-order valence-corrected chi connectivity index (χ2v) is 7.39. The Morgan fingerprint density at radius 2 is 2.09 bits per heavy atom. The Hall–Kier alpha value is -1.62. The second kappa shape index (κ2) is 7.30. The predicted octanol–water partition coefficient (Wildman–Crippen LogP) is 3.66. The summed E-state index contributed by atoms with van der Waals surface area (Å²) >= 11 is 1.49. The van der Waals surface area contributed by atoms with Gasteiger partial charge in [-0.1, -0.05) is 56.7 Å². The number of fused-ring (bicyclic) bond motifs is 1. The quantitative estimate of drug-likeness (QED) is 0.687. The van der Waals surface area contributed by atoms with Crippen molar-refractivity contribution in [3.63, 3.8) is 0 Å². The summed E-state index contributed by atoms with van der Waals surface area (Å²) in [6.45, 7) is 4.53. The fourth-order valence-corrected chi connectivity index (χ4v) is 4.06. The molecule has 4 nitrogen and oxygen atoms in total. The molecule has 5 heteroatoms. The molecule has 0 unspecified atom stereocenters. The van der Waals surface area contributed by atoms with Crippen LogP contribution in [0.25, 0.3) is 10.9 Å². The van der Waals surface area contributed by atoms with Crippen LogP contribution in [-0.4, -0.2) is 27.7 Å². The van der Waals surface area contributed by atoms with Crippen LogP contribution >= 0.6 is 11.8 Å². The molecule has 3 rings (SSSR count). The number of amides is 1. The van der Waals surface area contributed by atoms with Gasteiger partial charge in [0.1, 0.15) is 11.4 Å². The van der Waals surface area contributed by atoms with Gasteiger partial charge in [-0.3, -0.25) is 4.79 Å². The summed E-state index contributed by atoms with van der Waals surface area (Å²) in [4.78, 5) is 20.9. The lowest BCUT2D eigenvalue weighted by Gasteiger charge is -2.34. The molecule has 2 aromatic rings. The van der Waals surface area contributed by atoms with E-state index in [0.29, 0.717) is 23.6 Å². The van der Waals surface area contributed by atoms with Crippen molar-refractivity contribution in [3.05, 3.63) is 30.6 Å². The van der Waals surface area contributed by atoms with E-state index in [4.69, 9.17) is 0 Å². The van der Waals surface area contributed by atoms with Gasteiger partial charge in [0.05, 0.1) is 11.3 Å². The molecule has 122 valence electrons. The third-order valence-electron chi connectivity index (χ3n) is 4.90. The van der Waals surface area contributed by atoms with Crippen molar-refractivity contribution >= 4 is 28.6 Å². The van der Waals surface area contributed by atoms with Gasteiger partial charge in [-0.25, -0.2) is 9.97 Å². The molecule has 0 radical (unpaired) electrons. The Labute approximate surface area is 141 Å². The van der Waals surface area contributed by atoms with Crippen LogP contribution in [0.4, 0.5) is 0 Å². The van der Waals surface area contributed by atoms with Crippen molar-refractivity contribution < 1.29 is 4.79 Å². The normalized spacial score (nSPS) is 24.5. The van der Waals surface area contributed by atoms with Crippen LogP contribution in [0.1, 0.15) is 33.1 Å². The largest absolute Gasteiger partial charge is 0.352 e. The molecule has 1 aliphatic rings. The summed E-state index contributed by atoms with van der Waals surface area (Å²) in [5.74, 6) is 1.74. The van der Waals surface area contributed by atoms with E-state index in [-0.39, 0.29) is 5.91 Å². The average Bonchev–Trinajstić information content (AvgIpc) is 2.57. The summed E-state index contributed by atoms with van der Waals surface area (Å²) in [5.41, 5.74) is 0.917. The zero-order valence-electron chi connectivity index (χ0n) is 13.7. The number of carbonyl (C=O) groups excluding carboxylic acids is 1. The van der Waals surface area contributed by atoms with Gasteiger partial charge in [-0.15, -0.1) is 0 Å². The van der Waals surface area contributed by atoms with Crippen LogP contribution in [0.3, 0.4) is 0 Å². The van der Waals surface area contributed by atoms with Gasteiger partial charge in [0.15, 0.2) is 0 Å². The standard InChI is InChI=1S/C18H23N3OS/c1-12-6-5-9-15(13(12)2)21-17(22)10-23-18-14-7-3-4-8-16(14)19-11-20-18/h3-4,7-8,11-13,15H,5-6,9-10H2,1-2H3,(H,21,22)/t12-,13+,15+/m1/s1. The number of nitrogens with one attached hydrogen (secondary N) is 1. The Bertz CT molecular complexity index is 686. The second-order valence-electron chi connectivity index (χ2n) is 6.43. The van der Waals surface area contributed by atoms with Gasteiger partial charge < -0.3 is 5.32 Å². The van der Waals surface area contributed by atoms with Gasteiger partial charge in [0.25, 0.3) is 0 Å². The highest BCUT2D eigenvalue weighted by Gasteiger charge is 2.28. The third kappa shape index (κ3) is 3.83. The molecule has 23 heavy (non-hydrogen) atoms. The highest BCUT2D eigenvalue weighted by molar-refractivity contribution is 8.00. The Kier molecular flexibility index (Phi) is 5.16. The van der Waals surface area contributed by atoms with Crippen molar-refractivity contribution in [3.8, 4) is 0 Å². The molecular weight excluding hydrogens is 306 g/mol. The highest BCUT2D eigenvalue weighted by Crippen LogP contribution is 2.30. The number of thioether (sulfide) groups is 1. The molecule has 0 spiro atoms. The van der Waals surface area contributed by atoms with Crippen molar-refractivity contribution in [2.24, 2.45) is 11.8 Å². The average molecular weight is 329 g/mol. The highest BCUT2D eigenvalue weighted by atomic mass is 32.2. The van der Waals surface area contributed by atoms with Crippen molar-refractivity contribution in [2.75, 3.05) is 5.75 Å². The minimum absolute atomic E-state index is 0.101. The van der Waals surface area contributed by atoms with E-state index in [0.717, 1.165) is 22.3 Å². The van der Waals surface area contributed by atoms with Crippen LogP contribution in [-0.2, 0) is 4.79 Å². The monoisotopic (exact) mass is 329 g/mol. The third-order valence-corrected chi connectivity index (χ3v) is 5.90. The maximum Gasteiger partial charge on any atom is 0.230 e.